The molecular weight excluding hydrogens is 370 g/mol. The number of ether oxygens (including phenoxy) is 1. The van der Waals surface area contributed by atoms with Gasteiger partial charge in [0.05, 0.1) is 7.11 Å². The number of hydrogen-bond donors (Lipinski definition) is 1. The zero-order valence-electron chi connectivity index (χ0n) is 14.8. The third kappa shape index (κ3) is 3.17. The largest absolute Gasteiger partial charge is 0.480 e. The highest BCUT2D eigenvalue weighted by atomic mass is 19.3. The molecule has 0 saturated heterocycles. The summed E-state index contributed by atoms with van der Waals surface area (Å²) in [6.45, 7) is 0. The number of aromatic nitrogens is 5. The molecule has 28 heavy (non-hydrogen) atoms. The first-order valence-electron chi connectivity index (χ1n) is 8.55. The summed E-state index contributed by atoms with van der Waals surface area (Å²) in [6, 6.07) is 7.05. The molecule has 0 spiro atoms. The first-order chi connectivity index (χ1) is 13.5. The Kier molecular flexibility index (Phi) is 4.46. The predicted molar refractivity (Wildman–Crippen MR) is 95.2 cm³/mol. The Hall–Kier alpha value is -3.43. The van der Waals surface area contributed by atoms with Gasteiger partial charge in [-0.2, -0.15) is 0 Å². The second kappa shape index (κ2) is 6.95. The molecule has 1 atom stereocenters. The van der Waals surface area contributed by atoms with Gasteiger partial charge in [0.1, 0.15) is 29.4 Å². The van der Waals surface area contributed by atoms with Gasteiger partial charge in [0, 0.05) is 12.6 Å². The molecule has 3 heterocycles. The smallest absolute Gasteiger partial charge is 0.268 e. The molecule has 144 valence electrons. The lowest BCUT2D eigenvalue weighted by Crippen LogP contribution is -2.40. The monoisotopic (exact) mass is 386 g/mol. The molecule has 3 aromatic rings. The summed E-state index contributed by atoms with van der Waals surface area (Å²) in [6.07, 6.45) is 2.97. The van der Waals surface area contributed by atoms with E-state index in [1.54, 1.807) is 30.3 Å². The first kappa shape index (κ1) is 18.0. The maximum absolute atomic E-state index is 13.8. The average Bonchev–Trinajstić information content (AvgIpc) is 3.16. The van der Waals surface area contributed by atoms with Crippen LogP contribution in [0.4, 0.5) is 14.6 Å². The van der Waals surface area contributed by atoms with Crippen molar-refractivity contribution in [1.29, 1.82) is 0 Å². The zero-order chi connectivity index (χ0) is 19.7. The molecule has 1 amide bonds. The van der Waals surface area contributed by atoms with E-state index in [4.69, 9.17) is 4.74 Å². The Labute approximate surface area is 158 Å². The van der Waals surface area contributed by atoms with Gasteiger partial charge in [-0.1, -0.05) is 6.07 Å². The van der Waals surface area contributed by atoms with E-state index in [0.29, 0.717) is 12.1 Å². The second-order valence-electron chi connectivity index (χ2n) is 6.30. The molecule has 4 rings (SSSR count). The van der Waals surface area contributed by atoms with Gasteiger partial charge in [0.25, 0.3) is 11.8 Å². The summed E-state index contributed by atoms with van der Waals surface area (Å²) < 4.78 is 34.0. The number of nitrogens with zero attached hydrogens (tertiary/aromatic N) is 5. The molecule has 0 bridgehead atoms. The van der Waals surface area contributed by atoms with E-state index in [1.165, 1.54) is 24.2 Å². The van der Waals surface area contributed by atoms with Gasteiger partial charge in [0.15, 0.2) is 5.82 Å². The lowest BCUT2D eigenvalue weighted by Gasteiger charge is -2.37. The molecule has 1 aliphatic rings. The number of carbonyl (C=O) groups excluding carboxylic acids is 1. The van der Waals surface area contributed by atoms with E-state index in [1.807, 2.05) is 0 Å². The van der Waals surface area contributed by atoms with Crippen LogP contribution in [-0.2, 0) is 0 Å². The highest BCUT2D eigenvalue weighted by Crippen LogP contribution is 2.47. The minimum atomic E-state index is -2.79. The fraction of sp³-hybridized carbons (Fsp3) is 0.278. The second-order valence-corrected chi connectivity index (χ2v) is 6.30. The lowest BCUT2D eigenvalue weighted by molar-refractivity contribution is -0.122. The molecule has 0 aliphatic heterocycles. The van der Waals surface area contributed by atoms with Crippen molar-refractivity contribution in [2.75, 3.05) is 12.4 Å². The molecule has 1 saturated carbocycles. The summed E-state index contributed by atoms with van der Waals surface area (Å²) in [5.41, 5.74) is 0.575. The van der Waals surface area contributed by atoms with Gasteiger partial charge in [0.2, 0.25) is 5.88 Å². The van der Waals surface area contributed by atoms with Crippen LogP contribution in [0.3, 0.4) is 0 Å². The van der Waals surface area contributed by atoms with Crippen LogP contribution in [0.2, 0.25) is 0 Å². The van der Waals surface area contributed by atoms with Crippen molar-refractivity contribution in [2.45, 2.75) is 24.8 Å². The van der Waals surface area contributed by atoms with Crippen molar-refractivity contribution >= 4 is 11.7 Å². The van der Waals surface area contributed by atoms with Crippen LogP contribution in [-0.4, -0.2) is 43.7 Å². The predicted octanol–water partition coefficient (Wildman–Crippen LogP) is 2.97. The number of nitrogens with one attached hydrogen (secondary N) is 1. The van der Waals surface area contributed by atoms with Gasteiger partial charge >= 0.3 is 0 Å². The molecule has 1 fully saturated rings. The SMILES string of the molecule is COc1ncccc1C(=O)Nc1cccc(-c2nncn2C2CCC2(F)F)n1. The number of rotatable bonds is 5. The Morgan fingerprint density at radius 3 is 2.89 bits per heavy atom. The van der Waals surface area contributed by atoms with Crippen LogP contribution in [0, 0.1) is 0 Å². The van der Waals surface area contributed by atoms with Crippen LogP contribution in [0.25, 0.3) is 11.5 Å². The summed E-state index contributed by atoms with van der Waals surface area (Å²) in [7, 11) is 1.42. The molecule has 0 radical (unpaired) electrons. The Morgan fingerprint density at radius 2 is 2.18 bits per heavy atom. The molecule has 8 nitrogen and oxygen atoms in total. The summed E-state index contributed by atoms with van der Waals surface area (Å²) in [4.78, 5) is 20.8. The van der Waals surface area contributed by atoms with Crippen molar-refractivity contribution in [1.82, 2.24) is 24.7 Å². The van der Waals surface area contributed by atoms with E-state index in [9.17, 15) is 13.6 Å². The average molecular weight is 386 g/mol. The van der Waals surface area contributed by atoms with E-state index in [2.05, 4.69) is 25.5 Å². The standard InChI is InChI=1S/C18H16F2N6O2/c1-28-17-11(4-3-9-21-17)16(27)24-14-6-2-5-12(23-14)15-25-22-10-26(15)13-7-8-18(13,19)20/h2-6,9-10,13H,7-8H2,1H3,(H,23,24,27). The van der Waals surface area contributed by atoms with Crippen LogP contribution in [0.5, 0.6) is 5.88 Å². The van der Waals surface area contributed by atoms with E-state index < -0.39 is 17.9 Å². The normalized spacial score (nSPS) is 17.6. The fourth-order valence-corrected chi connectivity index (χ4v) is 3.03. The molecule has 0 aromatic carbocycles. The van der Waals surface area contributed by atoms with Crippen LogP contribution >= 0.6 is 0 Å². The molecular formula is C18H16F2N6O2. The van der Waals surface area contributed by atoms with E-state index >= 15 is 0 Å². The molecule has 10 heteroatoms. The number of anilines is 1. The minimum absolute atomic E-state index is 0.161. The molecule has 3 aromatic heterocycles. The number of hydrogen-bond acceptors (Lipinski definition) is 6. The maximum Gasteiger partial charge on any atom is 0.268 e. The Bertz CT molecular complexity index is 1020. The number of halogens is 2. The quantitative estimate of drug-likeness (QED) is 0.724. The molecule has 1 unspecified atom stereocenters. The van der Waals surface area contributed by atoms with Crippen molar-refractivity contribution in [3.05, 3.63) is 48.4 Å². The van der Waals surface area contributed by atoms with Gasteiger partial charge in [-0.05, 0) is 30.7 Å². The third-order valence-corrected chi connectivity index (χ3v) is 4.58. The number of alkyl halides is 2. The Balaban J connectivity index is 1.60. The van der Waals surface area contributed by atoms with E-state index in [0.717, 1.165) is 0 Å². The highest BCUT2D eigenvalue weighted by Gasteiger charge is 2.50. The molecule has 1 N–H and O–H groups in total. The number of methoxy groups -OCH3 is 1. The van der Waals surface area contributed by atoms with Crippen LogP contribution in [0.1, 0.15) is 29.2 Å². The van der Waals surface area contributed by atoms with Gasteiger partial charge in [-0.3, -0.25) is 4.79 Å². The lowest BCUT2D eigenvalue weighted by atomic mass is 9.87. The van der Waals surface area contributed by atoms with Crippen LogP contribution in [0.15, 0.2) is 42.9 Å². The topological polar surface area (TPSA) is 94.8 Å². The van der Waals surface area contributed by atoms with Crippen molar-refractivity contribution < 1.29 is 18.3 Å². The van der Waals surface area contributed by atoms with Crippen molar-refractivity contribution in [3.8, 4) is 17.4 Å². The van der Waals surface area contributed by atoms with Crippen LogP contribution < -0.4 is 10.1 Å². The number of amides is 1. The Morgan fingerprint density at radius 1 is 1.32 bits per heavy atom. The van der Waals surface area contributed by atoms with Gasteiger partial charge in [-0.25, -0.2) is 18.7 Å². The third-order valence-electron chi connectivity index (χ3n) is 4.58. The highest BCUT2D eigenvalue weighted by molar-refractivity contribution is 6.05. The zero-order valence-corrected chi connectivity index (χ0v) is 14.8. The number of pyridine rings is 2. The maximum atomic E-state index is 13.8. The first-order valence-corrected chi connectivity index (χ1v) is 8.55. The van der Waals surface area contributed by atoms with Crippen molar-refractivity contribution in [2.24, 2.45) is 0 Å². The summed E-state index contributed by atoms with van der Waals surface area (Å²) in [5, 5.41) is 10.3. The fourth-order valence-electron chi connectivity index (χ4n) is 3.03. The van der Waals surface area contributed by atoms with Crippen molar-refractivity contribution in [3.63, 3.8) is 0 Å². The number of carbonyl (C=O) groups is 1. The van der Waals surface area contributed by atoms with E-state index in [-0.39, 0.29) is 29.5 Å². The minimum Gasteiger partial charge on any atom is -0.480 e. The van der Waals surface area contributed by atoms with Gasteiger partial charge in [-0.15, -0.1) is 10.2 Å². The molecule has 1 aliphatic carbocycles. The van der Waals surface area contributed by atoms with Gasteiger partial charge < -0.3 is 14.6 Å². The summed E-state index contributed by atoms with van der Waals surface area (Å²) in [5.74, 6) is -2.60. The summed E-state index contributed by atoms with van der Waals surface area (Å²) >= 11 is 0.